The largest absolute Gasteiger partial charge is 0.283 e. The molecule has 17 heavy (non-hydrogen) atoms. The summed E-state index contributed by atoms with van der Waals surface area (Å²) in [5.41, 5.74) is 1.52. The molecule has 96 valence electrons. The lowest BCUT2D eigenvalue weighted by molar-refractivity contribution is 0.593. The highest BCUT2D eigenvalue weighted by Crippen LogP contribution is 2.27. The second-order valence-electron chi connectivity index (χ2n) is 4.59. The minimum Gasteiger partial charge on any atom is -0.283 e. The van der Waals surface area contributed by atoms with Crippen molar-refractivity contribution in [3.05, 3.63) is 28.8 Å². The second kappa shape index (κ2) is 5.27. The van der Waals surface area contributed by atoms with Gasteiger partial charge in [-0.25, -0.2) is 8.42 Å². The van der Waals surface area contributed by atoms with E-state index >= 15 is 0 Å². The minimum atomic E-state index is -3.31. The number of nitrogens with one attached hydrogen (secondary N) is 1. The maximum Gasteiger partial charge on any atom is 0.235 e. The minimum absolute atomic E-state index is 0.318. The lowest BCUT2D eigenvalue weighted by atomic mass is 10.0. The average molecular weight is 276 g/mol. The number of halogens is 1. The quantitative estimate of drug-likeness (QED) is 0.912. The fraction of sp³-hybridized carbons (Fsp3) is 0.500. The third-order valence-corrected chi connectivity index (χ3v) is 4.59. The van der Waals surface area contributed by atoms with Gasteiger partial charge in [-0.15, -0.1) is 0 Å². The lowest BCUT2D eigenvalue weighted by Gasteiger charge is -2.13. The van der Waals surface area contributed by atoms with Gasteiger partial charge in [-0.05, 0) is 37.5 Å². The maximum atomic E-state index is 11.7. The van der Waals surface area contributed by atoms with Crippen LogP contribution >= 0.6 is 11.6 Å². The first-order valence-electron chi connectivity index (χ1n) is 5.55. The molecule has 0 saturated heterocycles. The summed E-state index contributed by atoms with van der Waals surface area (Å²) >= 11 is 6.10. The molecule has 0 heterocycles. The molecule has 1 aromatic carbocycles. The van der Waals surface area contributed by atoms with Crippen molar-refractivity contribution in [2.75, 3.05) is 4.72 Å². The van der Waals surface area contributed by atoms with E-state index in [1.807, 2.05) is 19.9 Å². The van der Waals surface area contributed by atoms with Gasteiger partial charge >= 0.3 is 0 Å². The van der Waals surface area contributed by atoms with Gasteiger partial charge in [-0.2, -0.15) is 0 Å². The van der Waals surface area contributed by atoms with Gasteiger partial charge in [-0.1, -0.05) is 31.5 Å². The molecule has 1 N–H and O–H groups in total. The van der Waals surface area contributed by atoms with Crippen LogP contribution in [0.2, 0.25) is 5.02 Å². The Morgan fingerprint density at radius 3 is 2.18 bits per heavy atom. The monoisotopic (exact) mass is 275 g/mol. The molecule has 0 amide bonds. The molecule has 0 unspecified atom stereocenters. The SMILES string of the molecule is CC(C)c1ccc(NS(=O)(=O)C(C)C)cc1Cl. The number of sulfonamides is 1. The van der Waals surface area contributed by atoms with Crippen molar-refractivity contribution in [3.8, 4) is 0 Å². The molecule has 5 heteroatoms. The van der Waals surface area contributed by atoms with E-state index in [4.69, 9.17) is 11.6 Å². The number of anilines is 1. The summed E-state index contributed by atoms with van der Waals surface area (Å²) in [7, 11) is -3.31. The molecule has 0 aromatic heterocycles. The van der Waals surface area contributed by atoms with Crippen molar-refractivity contribution in [2.24, 2.45) is 0 Å². The first-order chi connectivity index (χ1) is 7.74. The molecule has 0 spiro atoms. The van der Waals surface area contributed by atoms with E-state index in [2.05, 4.69) is 4.72 Å². The molecule has 0 atom stereocenters. The van der Waals surface area contributed by atoms with Gasteiger partial charge in [0.25, 0.3) is 0 Å². The Bertz CT molecular complexity index is 495. The predicted octanol–water partition coefficient (Wildman–Crippen LogP) is 3.61. The van der Waals surface area contributed by atoms with Crippen molar-refractivity contribution in [1.29, 1.82) is 0 Å². The van der Waals surface area contributed by atoms with E-state index in [0.29, 0.717) is 16.6 Å². The highest BCUT2D eigenvalue weighted by molar-refractivity contribution is 7.93. The highest BCUT2D eigenvalue weighted by atomic mass is 35.5. The fourth-order valence-electron chi connectivity index (χ4n) is 1.34. The summed E-state index contributed by atoms with van der Waals surface area (Å²) < 4.78 is 25.9. The van der Waals surface area contributed by atoms with E-state index in [-0.39, 0.29) is 0 Å². The number of benzene rings is 1. The fourth-order valence-corrected chi connectivity index (χ4v) is 2.43. The standard InChI is InChI=1S/C12H18ClNO2S/c1-8(2)11-6-5-10(7-12(11)13)14-17(15,16)9(3)4/h5-9,14H,1-4H3. The van der Waals surface area contributed by atoms with Gasteiger partial charge in [0.2, 0.25) is 10.0 Å². The Morgan fingerprint density at radius 1 is 1.18 bits per heavy atom. The van der Waals surface area contributed by atoms with Crippen LogP contribution in [-0.4, -0.2) is 13.7 Å². The van der Waals surface area contributed by atoms with Gasteiger partial charge in [0.05, 0.1) is 5.25 Å². The van der Waals surface area contributed by atoms with Crippen molar-refractivity contribution < 1.29 is 8.42 Å². The first kappa shape index (κ1) is 14.3. The van der Waals surface area contributed by atoms with Crippen molar-refractivity contribution >= 4 is 27.3 Å². The predicted molar refractivity (Wildman–Crippen MR) is 73.2 cm³/mol. The van der Waals surface area contributed by atoms with Crippen molar-refractivity contribution in [1.82, 2.24) is 0 Å². The lowest BCUT2D eigenvalue weighted by Crippen LogP contribution is -2.22. The summed E-state index contributed by atoms with van der Waals surface area (Å²) in [6.07, 6.45) is 0. The van der Waals surface area contributed by atoms with E-state index in [1.54, 1.807) is 26.0 Å². The third-order valence-electron chi connectivity index (χ3n) is 2.50. The number of hydrogen-bond donors (Lipinski definition) is 1. The van der Waals surface area contributed by atoms with Crippen LogP contribution in [0, 0.1) is 0 Å². The summed E-state index contributed by atoms with van der Waals surface area (Å²) in [5.74, 6) is 0.318. The molecule has 0 bridgehead atoms. The Balaban J connectivity index is 3.00. The van der Waals surface area contributed by atoms with Crippen LogP contribution in [0.3, 0.4) is 0 Å². The van der Waals surface area contributed by atoms with Crippen LogP contribution in [0.5, 0.6) is 0 Å². The smallest absolute Gasteiger partial charge is 0.235 e. The average Bonchev–Trinajstić information content (AvgIpc) is 2.15. The molecular weight excluding hydrogens is 258 g/mol. The van der Waals surface area contributed by atoms with E-state index in [1.165, 1.54) is 0 Å². The zero-order chi connectivity index (χ0) is 13.2. The number of hydrogen-bond acceptors (Lipinski definition) is 2. The molecule has 1 rings (SSSR count). The van der Waals surface area contributed by atoms with Crippen LogP contribution < -0.4 is 4.72 Å². The molecule has 0 aliphatic rings. The first-order valence-corrected chi connectivity index (χ1v) is 7.47. The van der Waals surface area contributed by atoms with E-state index in [9.17, 15) is 8.42 Å². The molecule has 0 fully saturated rings. The zero-order valence-corrected chi connectivity index (χ0v) is 12.1. The Hall–Kier alpha value is -0.740. The van der Waals surface area contributed by atoms with Gasteiger partial charge in [0.1, 0.15) is 0 Å². The van der Waals surface area contributed by atoms with E-state index in [0.717, 1.165) is 5.56 Å². The summed E-state index contributed by atoms with van der Waals surface area (Å²) in [6.45, 7) is 7.34. The summed E-state index contributed by atoms with van der Waals surface area (Å²) in [6, 6.07) is 5.24. The Morgan fingerprint density at radius 2 is 1.76 bits per heavy atom. The summed E-state index contributed by atoms with van der Waals surface area (Å²) in [4.78, 5) is 0. The van der Waals surface area contributed by atoms with E-state index < -0.39 is 15.3 Å². The Kier molecular flexibility index (Phi) is 4.44. The molecular formula is C12H18ClNO2S. The Labute approximate surface area is 108 Å². The topological polar surface area (TPSA) is 46.2 Å². The van der Waals surface area contributed by atoms with Crippen LogP contribution in [0.4, 0.5) is 5.69 Å². The molecule has 0 saturated carbocycles. The van der Waals surface area contributed by atoms with Gasteiger partial charge in [0, 0.05) is 10.7 Å². The molecule has 0 aliphatic heterocycles. The zero-order valence-electron chi connectivity index (χ0n) is 10.5. The number of rotatable bonds is 4. The second-order valence-corrected chi connectivity index (χ2v) is 7.23. The molecule has 3 nitrogen and oxygen atoms in total. The van der Waals surface area contributed by atoms with Gasteiger partial charge < -0.3 is 0 Å². The van der Waals surface area contributed by atoms with Crippen LogP contribution in [-0.2, 0) is 10.0 Å². The molecule has 0 radical (unpaired) electrons. The van der Waals surface area contributed by atoms with Crippen LogP contribution in [0.1, 0.15) is 39.2 Å². The van der Waals surface area contributed by atoms with Crippen molar-refractivity contribution in [2.45, 2.75) is 38.9 Å². The van der Waals surface area contributed by atoms with Gasteiger partial charge in [0.15, 0.2) is 0 Å². The highest BCUT2D eigenvalue weighted by Gasteiger charge is 2.16. The van der Waals surface area contributed by atoms with Crippen molar-refractivity contribution in [3.63, 3.8) is 0 Å². The maximum absolute atomic E-state index is 11.7. The molecule has 0 aliphatic carbocycles. The van der Waals surface area contributed by atoms with Gasteiger partial charge in [-0.3, -0.25) is 4.72 Å². The normalized spacial score (nSPS) is 12.2. The third kappa shape index (κ3) is 3.61. The summed E-state index contributed by atoms with van der Waals surface area (Å²) in [5, 5.41) is 0.120. The van der Waals surface area contributed by atoms with Crippen LogP contribution in [0.25, 0.3) is 0 Å². The van der Waals surface area contributed by atoms with Crippen LogP contribution in [0.15, 0.2) is 18.2 Å². The molecule has 1 aromatic rings.